The molecule has 0 radical (unpaired) electrons. The lowest BCUT2D eigenvalue weighted by molar-refractivity contribution is 0.438. The zero-order valence-corrected chi connectivity index (χ0v) is 13.8. The molecule has 0 aliphatic carbocycles. The zero-order chi connectivity index (χ0) is 15.3. The van der Waals surface area contributed by atoms with E-state index in [-0.39, 0.29) is 11.4 Å². The molecule has 2 aromatic rings. The average Bonchev–Trinajstić information content (AvgIpc) is 2.48. The predicted molar refractivity (Wildman–Crippen MR) is 88.4 cm³/mol. The first-order chi connectivity index (χ1) is 10.1. The third-order valence-electron chi connectivity index (χ3n) is 2.99. The van der Waals surface area contributed by atoms with E-state index in [0.717, 1.165) is 5.56 Å². The molecule has 5 heteroatoms. The topological polar surface area (TPSA) is 37.4 Å². The van der Waals surface area contributed by atoms with Crippen LogP contribution >= 0.6 is 15.9 Å². The van der Waals surface area contributed by atoms with Crippen molar-refractivity contribution in [2.75, 3.05) is 6.54 Å². The van der Waals surface area contributed by atoms with Crippen molar-refractivity contribution in [1.82, 2.24) is 4.31 Å². The Kier molecular flexibility index (Phi) is 5.33. The third-order valence-corrected chi connectivity index (χ3v) is 5.81. The molecule has 0 spiro atoms. The number of sulfonamides is 1. The van der Waals surface area contributed by atoms with Gasteiger partial charge in [0, 0.05) is 17.6 Å². The summed E-state index contributed by atoms with van der Waals surface area (Å²) in [5.74, 6) is 0. The second kappa shape index (κ2) is 7.02. The van der Waals surface area contributed by atoms with Crippen LogP contribution in [-0.2, 0) is 16.6 Å². The minimum Gasteiger partial charge on any atom is -0.207 e. The van der Waals surface area contributed by atoms with Crippen LogP contribution in [0.3, 0.4) is 0 Å². The highest BCUT2D eigenvalue weighted by atomic mass is 79.9. The summed E-state index contributed by atoms with van der Waals surface area (Å²) < 4.78 is 27.6. The Morgan fingerprint density at radius 2 is 1.67 bits per heavy atom. The second-order valence-corrected chi connectivity index (χ2v) is 7.26. The van der Waals surface area contributed by atoms with Gasteiger partial charge in [-0.1, -0.05) is 48.5 Å². The molecule has 0 fully saturated rings. The van der Waals surface area contributed by atoms with Crippen LogP contribution in [0.2, 0.25) is 0 Å². The van der Waals surface area contributed by atoms with E-state index in [1.165, 1.54) is 4.31 Å². The van der Waals surface area contributed by atoms with Crippen LogP contribution in [0, 0.1) is 0 Å². The number of benzene rings is 2. The van der Waals surface area contributed by atoms with E-state index in [0.29, 0.717) is 11.0 Å². The molecule has 0 saturated heterocycles. The fourth-order valence-corrected chi connectivity index (χ4v) is 4.33. The molecule has 2 aromatic carbocycles. The van der Waals surface area contributed by atoms with Crippen LogP contribution in [-0.4, -0.2) is 19.3 Å². The van der Waals surface area contributed by atoms with Crippen LogP contribution in [0.5, 0.6) is 0 Å². The van der Waals surface area contributed by atoms with Gasteiger partial charge in [-0.15, -0.1) is 6.58 Å². The molecular formula is C16H16BrNO2S. The van der Waals surface area contributed by atoms with Crippen molar-refractivity contribution in [3.63, 3.8) is 0 Å². The van der Waals surface area contributed by atoms with Gasteiger partial charge in [-0.25, -0.2) is 8.42 Å². The molecule has 0 N–H and O–H groups in total. The summed E-state index contributed by atoms with van der Waals surface area (Å²) in [4.78, 5) is 0.266. The molecular weight excluding hydrogens is 350 g/mol. The van der Waals surface area contributed by atoms with Crippen molar-refractivity contribution in [1.29, 1.82) is 0 Å². The summed E-state index contributed by atoms with van der Waals surface area (Å²) in [6, 6.07) is 16.3. The van der Waals surface area contributed by atoms with Gasteiger partial charge in [-0.3, -0.25) is 0 Å². The molecule has 21 heavy (non-hydrogen) atoms. The Bertz CT molecular complexity index is 714. The highest BCUT2D eigenvalue weighted by molar-refractivity contribution is 9.10. The molecule has 0 aliphatic rings. The smallest absolute Gasteiger partial charge is 0.207 e. The van der Waals surface area contributed by atoms with E-state index in [2.05, 4.69) is 22.5 Å². The van der Waals surface area contributed by atoms with Crippen molar-refractivity contribution in [2.45, 2.75) is 11.4 Å². The number of nitrogens with zero attached hydrogens (tertiary/aromatic N) is 1. The maximum Gasteiger partial charge on any atom is 0.244 e. The van der Waals surface area contributed by atoms with Gasteiger partial charge < -0.3 is 0 Å². The summed E-state index contributed by atoms with van der Waals surface area (Å²) in [5.41, 5.74) is 0.940. The molecule has 0 bridgehead atoms. The van der Waals surface area contributed by atoms with Gasteiger partial charge in [0.2, 0.25) is 10.0 Å². The van der Waals surface area contributed by atoms with E-state index < -0.39 is 10.0 Å². The summed E-state index contributed by atoms with van der Waals surface area (Å²) in [6.07, 6.45) is 1.59. The summed E-state index contributed by atoms with van der Waals surface area (Å²) in [5, 5.41) is 0. The minimum absolute atomic E-state index is 0.262. The fourth-order valence-electron chi connectivity index (χ4n) is 1.97. The normalized spacial score (nSPS) is 11.5. The molecule has 0 aromatic heterocycles. The first kappa shape index (κ1) is 15.9. The maximum absolute atomic E-state index is 12.8. The first-order valence-electron chi connectivity index (χ1n) is 6.45. The van der Waals surface area contributed by atoms with Crippen LogP contribution in [0.25, 0.3) is 0 Å². The van der Waals surface area contributed by atoms with Crippen LogP contribution in [0.1, 0.15) is 5.56 Å². The van der Waals surface area contributed by atoms with E-state index in [4.69, 9.17) is 0 Å². The summed E-state index contributed by atoms with van der Waals surface area (Å²) in [6.45, 7) is 4.23. The predicted octanol–water partition coefficient (Wildman–Crippen LogP) is 3.83. The average molecular weight is 366 g/mol. The Morgan fingerprint density at radius 3 is 2.29 bits per heavy atom. The van der Waals surface area contributed by atoms with Gasteiger partial charge in [-0.05, 0) is 33.6 Å². The molecule has 0 saturated carbocycles. The highest BCUT2D eigenvalue weighted by Crippen LogP contribution is 2.25. The minimum atomic E-state index is -3.58. The number of hydrogen-bond donors (Lipinski definition) is 0. The van der Waals surface area contributed by atoms with Crippen molar-refractivity contribution in [3.8, 4) is 0 Å². The van der Waals surface area contributed by atoms with Crippen LogP contribution in [0.4, 0.5) is 0 Å². The summed E-state index contributed by atoms with van der Waals surface area (Å²) in [7, 11) is -3.58. The van der Waals surface area contributed by atoms with Gasteiger partial charge in [0.25, 0.3) is 0 Å². The number of hydrogen-bond acceptors (Lipinski definition) is 2. The molecule has 0 aliphatic heterocycles. The quantitative estimate of drug-likeness (QED) is 0.729. The Hall–Kier alpha value is -1.43. The molecule has 0 atom stereocenters. The Labute approximate surface area is 134 Å². The number of halogens is 1. The SMILES string of the molecule is C=CCN(Cc1ccccc1)S(=O)(=O)c1ccccc1Br. The molecule has 110 valence electrons. The van der Waals surface area contributed by atoms with Gasteiger partial charge in [-0.2, -0.15) is 4.31 Å². The first-order valence-corrected chi connectivity index (χ1v) is 8.68. The van der Waals surface area contributed by atoms with Gasteiger partial charge >= 0.3 is 0 Å². The molecule has 0 heterocycles. The standard InChI is InChI=1S/C16H16BrNO2S/c1-2-12-18(13-14-8-4-3-5-9-14)21(19,20)16-11-7-6-10-15(16)17/h2-11H,1,12-13H2. The zero-order valence-electron chi connectivity index (χ0n) is 11.4. The largest absolute Gasteiger partial charge is 0.244 e. The second-order valence-electron chi connectivity index (χ2n) is 4.50. The van der Waals surface area contributed by atoms with E-state index in [1.807, 2.05) is 30.3 Å². The third kappa shape index (κ3) is 3.81. The lowest BCUT2D eigenvalue weighted by Gasteiger charge is -2.21. The lowest BCUT2D eigenvalue weighted by atomic mass is 10.2. The van der Waals surface area contributed by atoms with Crippen molar-refractivity contribution in [2.24, 2.45) is 0 Å². The van der Waals surface area contributed by atoms with E-state index in [1.54, 1.807) is 30.3 Å². The molecule has 3 nitrogen and oxygen atoms in total. The molecule has 0 amide bonds. The Balaban J connectivity index is 2.37. The highest BCUT2D eigenvalue weighted by Gasteiger charge is 2.25. The van der Waals surface area contributed by atoms with Crippen LogP contribution in [0.15, 0.2) is 76.6 Å². The number of rotatable bonds is 6. The van der Waals surface area contributed by atoms with Gasteiger partial charge in [0.05, 0.1) is 4.90 Å². The summed E-state index contributed by atoms with van der Waals surface area (Å²) >= 11 is 3.31. The molecule has 0 unspecified atom stereocenters. The molecule has 2 rings (SSSR count). The van der Waals surface area contributed by atoms with Crippen molar-refractivity contribution in [3.05, 3.63) is 77.3 Å². The van der Waals surface area contributed by atoms with Gasteiger partial charge in [0.15, 0.2) is 0 Å². The Morgan fingerprint density at radius 1 is 1.05 bits per heavy atom. The fraction of sp³-hybridized carbons (Fsp3) is 0.125. The maximum atomic E-state index is 12.8. The van der Waals surface area contributed by atoms with E-state index in [9.17, 15) is 8.42 Å². The van der Waals surface area contributed by atoms with Crippen molar-refractivity contribution < 1.29 is 8.42 Å². The van der Waals surface area contributed by atoms with Crippen LogP contribution < -0.4 is 0 Å². The van der Waals surface area contributed by atoms with Crippen molar-refractivity contribution >= 4 is 26.0 Å². The van der Waals surface area contributed by atoms with Gasteiger partial charge in [0.1, 0.15) is 0 Å². The lowest BCUT2D eigenvalue weighted by Crippen LogP contribution is -2.31. The van der Waals surface area contributed by atoms with E-state index >= 15 is 0 Å². The monoisotopic (exact) mass is 365 g/mol.